The van der Waals surface area contributed by atoms with E-state index in [-0.39, 0.29) is 19.4 Å². The summed E-state index contributed by atoms with van der Waals surface area (Å²) in [4.78, 5) is 49.8. The highest BCUT2D eigenvalue weighted by molar-refractivity contribution is 6.04. The van der Waals surface area contributed by atoms with Gasteiger partial charge in [0, 0.05) is 6.54 Å². The van der Waals surface area contributed by atoms with E-state index in [0.717, 1.165) is 5.56 Å². The van der Waals surface area contributed by atoms with Gasteiger partial charge in [-0.25, -0.2) is 14.4 Å². The number of urea groups is 1. The number of ether oxygens (including phenoxy) is 2. The van der Waals surface area contributed by atoms with Gasteiger partial charge < -0.3 is 14.8 Å². The van der Waals surface area contributed by atoms with E-state index in [9.17, 15) is 19.2 Å². The standard InChI is InChI=1S/C19H23N3O6/c1-27-16(24)19(10-8-14-15(23)21-17(25)20-14)9-5-11-22(19)18(26)28-12-13-6-3-2-4-7-13/h2-4,6-7,14H,5,8-12H2,1H3,(H2,20,21,23,25). The minimum Gasteiger partial charge on any atom is -0.467 e. The zero-order valence-electron chi connectivity index (χ0n) is 15.6. The molecule has 0 aromatic heterocycles. The van der Waals surface area contributed by atoms with Gasteiger partial charge in [-0.15, -0.1) is 0 Å². The molecule has 150 valence electrons. The highest BCUT2D eigenvalue weighted by atomic mass is 16.6. The minimum absolute atomic E-state index is 0.0918. The van der Waals surface area contributed by atoms with Crippen LogP contribution in [0.3, 0.4) is 0 Å². The molecule has 2 atom stereocenters. The predicted molar refractivity (Wildman–Crippen MR) is 97.0 cm³/mol. The molecule has 2 saturated heterocycles. The lowest BCUT2D eigenvalue weighted by atomic mass is 9.88. The third kappa shape index (κ3) is 3.92. The number of nitrogens with one attached hydrogen (secondary N) is 2. The van der Waals surface area contributed by atoms with E-state index < -0.39 is 35.6 Å². The fraction of sp³-hybridized carbons (Fsp3) is 0.474. The van der Waals surface area contributed by atoms with Crippen molar-refractivity contribution in [2.45, 2.75) is 43.9 Å². The number of rotatable bonds is 6. The van der Waals surface area contributed by atoms with Crippen molar-refractivity contribution in [3.63, 3.8) is 0 Å². The molecule has 9 heteroatoms. The quantitative estimate of drug-likeness (QED) is 0.560. The topological polar surface area (TPSA) is 114 Å². The van der Waals surface area contributed by atoms with Gasteiger partial charge in [0.15, 0.2) is 0 Å². The van der Waals surface area contributed by atoms with E-state index in [1.807, 2.05) is 30.3 Å². The van der Waals surface area contributed by atoms with Gasteiger partial charge >= 0.3 is 18.1 Å². The largest absolute Gasteiger partial charge is 0.467 e. The zero-order chi connectivity index (χ0) is 20.1. The number of carbonyl (C=O) groups is 4. The van der Waals surface area contributed by atoms with E-state index in [1.165, 1.54) is 12.0 Å². The molecule has 4 amide bonds. The van der Waals surface area contributed by atoms with Crippen molar-refractivity contribution >= 4 is 24.0 Å². The number of nitrogens with zero attached hydrogens (tertiary/aromatic N) is 1. The summed E-state index contributed by atoms with van der Waals surface area (Å²) in [5.41, 5.74) is -0.375. The summed E-state index contributed by atoms with van der Waals surface area (Å²) in [6, 6.07) is 7.94. The molecule has 0 spiro atoms. The summed E-state index contributed by atoms with van der Waals surface area (Å²) in [6.45, 7) is 0.445. The first-order valence-electron chi connectivity index (χ1n) is 9.14. The van der Waals surface area contributed by atoms with Gasteiger partial charge in [0.05, 0.1) is 7.11 Å². The van der Waals surface area contributed by atoms with Crippen LogP contribution in [0.25, 0.3) is 0 Å². The van der Waals surface area contributed by atoms with Crippen LogP contribution in [0.4, 0.5) is 9.59 Å². The molecule has 2 N–H and O–H groups in total. The number of methoxy groups -OCH3 is 1. The third-order valence-corrected chi connectivity index (χ3v) is 5.18. The van der Waals surface area contributed by atoms with Crippen LogP contribution in [0, 0.1) is 0 Å². The first-order valence-corrected chi connectivity index (χ1v) is 9.14. The second-order valence-electron chi connectivity index (χ2n) is 6.87. The summed E-state index contributed by atoms with van der Waals surface area (Å²) < 4.78 is 10.4. The Bertz CT molecular complexity index is 768. The first-order chi connectivity index (χ1) is 13.5. The van der Waals surface area contributed by atoms with E-state index in [4.69, 9.17) is 9.47 Å². The molecule has 1 aromatic rings. The fourth-order valence-electron chi connectivity index (χ4n) is 3.75. The lowest BCUT2D eigenvalue weighted by Crippen LogP contribution is -2.54. The van der Waals surface area contributed by atoms with E-state index >= 15 is 0 Å². The van der Waals surface area contributed by atoms with E-state index in [2.05, 4.69) is 10.6 Å². The number of esters is 1. The molecule has 2 fully saturated rings. The molecule has 0 saturated carbocycles. The molecule has 2 aliphatic rings. The molecule has 9 nitrogen and oxygen atoms in total. The van der Waals surface area contributed by atoms with Crippen molar-refractivity contribution < 1.29 is 28.7 Å². The third-order valence-electron chi connectivity index (χ3n) is 5.18. The second kappa shape index (κ2) is 8.28. The maximum Gasteiger partial charge on any atom is 0.411 e. The molecular formula is C19H23N3O6. The molecule has 2 aliphatic heterocycles. The van der Waals surface area contributed by atoms with Crippen LogP contribution >= 0.6 is 0 Å². The van der Waals surface area contributed by atoms with Crippen molar-refractivity contribution in [2.75, 3.05) is 13.7 Å². The lowest BCUT2D eigenvalue weighted by molar-refractivity contribution is -0.153. The van der Waals surface area contributed by atoms with Gasteiger partial charge in [0.1, 0.15) is 18.2 Å². The van der Waals surface area contributed by atoms with Crippen LogP contribution in [-0.2, 0) is 25.7 Å². The highest BCUT2D eigenvalue weighted by Gasteiger charge is 2.52. The second-order valence-corrected chi connectivity index (χ2v) is 6.87. The molecule has 28 heavy (non-hydrogen) atoms. The monoisotopic (exact) mass is 389 g/mol. The Hall–Kier alpha value is -3.10. The van der Waals surface area contributed by atoms with Crippen molar-refractivity contribution in [2.24, 2.45) is 0 Å². The first kappa shape index (κ1) is 19.7. The van der Waals surface area contributed by atoms with Gasteiger partial charge in [0.25, 0.3) is 5.91 Å². The zero-order valence-corrected chi connectivity index (χ0v) is 15.6. The highest BCUT2D eigenvalue weighted by Crippen LogP contribution is 2.36. The van der Waals surface area contributed by atoms with Crippen molar-refractivity contribution in [3.05, 3.63) is 35.9 Å². The Morgan fingerprint density at radius 3 is 2.64 bits per heavy atom. The van der Waals surface area contributed by atoms with Crippen molar-refractivity contribution in [1.82, 2.24) is 15.5 Å². The van der Waals surface area contributed by atoms with E-state index in [1.54, 1.807) is 0 Å². The number of benzene rings is 1. The summed E-state index contributed by atoms with van der Waals surface area (Å²) in [7, 11) is 1.26. The maximum atomic E-state index is 12.7. The molecule has 1 aromatic carbocycles. The predicted octanol–water partition coefficient (Wildman–Crippen LogP) is 1.32. The number of carbonyl (C=O) groups excluding carboxylic acids is 4. The fourth-order valence-corrected chi connectivity index (χ4v) is 3.75. The van der Waals surface area contributed by atoms with E-state index in [0.29, 0.717) is 19.4 Å². The number of imide groups is 1. The number of hydrogen-bond acceptors (Lipinski definition) is 6. The summed E-state index contributed by atoms with van der Waals surface area (Å²) in [6.07, 6.45) is 0.793. The molecular weight excluding hydrogens is 366 g/mol. The van der Waals surface area contributed by atoms with Crippen molar-refractivity contribution in [1.29, 1.82) is 0 Å². The van der Waals surface area contributed by atoms with Gasteiger partial charge in [0.2, 0.25) is 0 Å². The Morgan fingerprint density at radius 1 is 1.25 bits per heavy atom. The molecule has 0 bridgehead atoms. The van der Waals surface area contributed by atoms with Gasteiger partial charge in [-0.05, 0) is 31.2 Å². The summed E-state index contributed by atoms with van der Waals surface area (Å²) in [5.74, 6) is -0.993. The summed E-state index contributed by atoms with van der Waals surface area (Å²) >= 11 is 0. The average Bonchev–Trinajstić information content (AvgIpc) is 3.28. The lowest BCUT2D eigenvalue weighted by Gasteiger charge is -2.35. The molecule has 2 unspecified atom stereocenters. The maximum absolute atomic E-state index is 12.7. The molecule has 3 rings (SSSR count). The van der Waals surface area contributed by atoms with Crippen LogP contribution in [-0.4, -0.2) is 54.1 Å². The van der Waals surface area contributed by atoms with Gasteiger partial charge in [-0.1, -0.05) is 30.3 Å². The summed E-state index contributed by atoms with van der Waals surface area (Å²) in [5, 5.41) is 4.67. The normalized spacial score (nSPS) is 23.9. The molecule has 0 aliphatic carbocycles. The number of amides is 4. The Balaban J connectivity index is 1.70. The van der Waals surface area contributed by atoms with Crippen LogP contribution in [0.1, 0.15) is 31.2 Å². The SMILES string of the molecule is COC(=O)C1(CCC2NC(=O)NC2=O)CCCN1C(=O)OCc1ccccc1. The smallest absolute Gasteiger partial charge is 0.411 e. The van der Waals surface area contributed by atoms with Crippen LogP contribution in [0.2, 0.25) is 0 Å². The van der Waals surface area contributed by atoms with Crippen LogP contribution in [0.15, 0.2) is 30.3 Å². The molecule has 0 radical (unpaired) electrons. The van der Waals surface area contributed by atoms with Crippen LogP contribution in [0.5, 0.6) is 0 Å². The van der Waals surface area contributed by atoms with Gasteiger partial charge in [-0.2, -0.15) is 0 Å². The number of likely N-dealkylation sites (tertiary alicyclic amines) is 1. The van der Waals surface area contributed by atoms with Gasteiger partial charge in [-0.3, -0.25) is 15.0 Å². The Labute approximate surface area is 162 Å². The Morgan fingerprint density at radius 2 is 2.00 bits per heavy atom. The Kier molecular flexibility index (Phi) is 5.81. The number of hydrogen-bond donors (Lipinski definition) is 2. The average molecular weight is 389 g/mol. The molecule has 2 heterocycles. The van der Waals surface area contributed by atoms with Crippen molar-refractivity contribution in [3.8, 4) is 0 Å². The van der Waals surface area contributed by atoms with Crippen LogP contribution < -0.4 is 10.6 Å². The minimum atomic E-state index is -1.21.